The maximum absolute atomic E-state index is 16.1. The number of nitrogen functional groups attached to an aromatic ring is 1. The Morgan fingerprint density at radius 3 is 2.60 bits per heavy atom. The number of benzene rings is 1. The molecule has 5 heterocycles. The molecule has 1 aliphatic carbocycles. The summed E-state index contributed by atoms with van der Waals surface area (Å²) in [5, 5.41) is 28.3. The van der Waals surface area contributed by atoms with Crippen molar-refractivity contribution in [2.24, 2.45) is 16.8 Å². The van der Waals surface area contributed by atoms with Crippen LogP contribution in [0.15, 0.2) is 38.9 Å². The molecule has 4 aliphatic rings. The van der Waals surface area contributed by atoms with Gasteiger partial charge in [0, 0.05) is 42.0 Å². The van der Waals surface area contributed by atoms with Crippen LogP contribution in [0.2, 0.25) is 0 Å². The van der Waals surface area contributed by atoms with Gasteiger partial charge in [-0.15, -0.1) is 11.8 Å². The normalized spacial score (nSPS) is 21.5. The first-order valence-corrected chi connectivity index (χ1v) is 18.3. The van der Waals surface area contributed by atoms with E-state index in [4.69, 9.17) is 21.0 Å². The lowest BCUT2D eigenvalue weighted by molar-refractivity contribution is -0.586. The SMILES string of the molecule is CON=C(C(=O)N[C@@H]1C(=O)N2C(C(=O)O)=C(COC(=O)c3cn(C4CC4)c4c(F)c(N5CCC(CN)C5)c(F)cc4c3=O)CS[C@H]12)c1csc(N)[n+]1[O-]. The number of nitrogens with two attached hydrogens (primary N) is 2. The number of ether oxygens (including phenoxy) is 1. The zero-order valence-electron chi connectivity index (χ0n) is 27.9. The minimum absolute atomic E-state index is 0.0273. The molecule has 0 spiro atoms. The summed E-state index contributed by atoms with van der Waals surface area (Å²) >= 11 is 1.92. The fourth-order valence-electron chi connectivity index (χ4n) is 6.75. The fourth-order valence-corrected chi connectivity index (χ4v) is 8.71. The average molecular weight is 775 g/mol. The number of fused-ring (bicyclic) bond motifs is 2. The molecular weight excluding hydrogens is 743 g/mol. The summed E-state index contributed by atoms with van der Waals surface area (Å²) in [6, 6.07) is -0.530. The molecule has 3 atom stereocenters. The van der Waals surface area contributed by atoms with Crippen LogP contribution in [0.25, 0.3) is 10.9 Å². The second kappa shape index (κ2) is 13.9. The Hall–Kier alpha value is -5.28. The number of β-lactam (4-membered cyclic amide) rings is 1. The van der Waals surface area contributed by atoms with E-state index in [1.807, 2.05) is 0 Å². The highest BCUT2D eigenvalue weighted by molar-refractivity contribution is 8.00. The van der Waals surface area contributed by atoms with E-state index in [1.54, 1.807) is 4.90 Å². The highest BCUT2D eigenvalue weighted by atomic mass is 32.2. The van der Waals surface area contributed by atoms with Crippen LogP contribution >= 0.6 is 23.1 Å². The van der Waals surface area contributed by atoms with Crippen molar-refractivity contribution in [1.82, 2.24) is 14.8 Å². The second-order valence-corrected chi connectivity index (χ2v) is 14.8. The van der Waals surface area contributed by atoms with E-state index in [0.717, 1.165) is 41.2 Å². The lowest BCUT2D eigenvalue weighted by Gasteiger charge is -2.49. The number of halogens is 2. The van der Waals surface area contributed by atoms with Crippen LogP contribution in [0.1, 0.15) is 41.4 Å². The number of aliphatic carboxylic acids is 1. The maximum Gasteiger partial charge on any atom is 0.352 e. The molecule has 280 valence electrons. The van der Waals surface area contributed by atoms with E-state index in [0.29, 0.717) is 38.9 Å². The van der Waals surface area contributed by atoms with Gasteiger partial charge >= 0.3 is 17.1 Å². The number of carboxylic acids is 1. The minimum atomic E-state index is -1.51. The Labute approximate surface area is 306 Å². The monoisotopic (exact) mass is 774 g/mol. The van der Waals surface area contributed by atoms with Crippen LogP contribution in [-0.2, 0) is 24.0 Å². The molecule has 2 amide bonds. The summed E-state index contributed by atoms with van der Waals surface area (Å²) in [6.45, 7) is 0.487. The summed E-state index contributed by atoms with van der Waals surface area (Å²) in [5.41, 5.74) is 8.38. The zero-order valence-corrected chi connectivity index (χ0v) is 29.5. The third kappa shape index (κ3) is 6.20. The molecule has 21 heteroatoms. The van der Waals surface area contributed by atoms with E-state index in [-0.39, 0.29) is 55.4 Å². The van der Waals surface area contributed by atoms with E-state index < -0.39 is 75.8 Å². The summed E-state index contributed by atoms with van der Waals surface area (Å²) in [6.07, 6.45) is 3.12. The van der Waals surface area contributed by atoms with Crippen LogP contribution in [0, 0.1) is 22.8 Å². The number of thiazole rings is 1. The maximum atomic E-state index is 16.1. The highest BCUT2D eigenvalue weighted by Crippen LogP contribution is 2.42. The summed E-state index contributed by atoms with van der Waals surface area (Å²) in [5.74, 6) is -6.27. The lowest BCUT2D eigenvalue weighted by Crippen LogP contribution is -2.71. The van der Waals surface area contributed by atoms with Crippen molar-refractivity contribution < 1.29 is 47.4 Å². The Morgan fingerprint density at radius 1 is 1.23 bits per heavy atom. The molecule has 1 unspecified atom stereocenters. The number of nitrogens with zero attached hydrogens (tertiary/aromatic N) is 5. The van der Waals surface area contributed by atoms with Gasteiger partial charge in [0.1, 0.15) is 47.9 Å². The van der Waals surface area contributed by atoms with Crippen molar-refractivity contribution in [3.8, 4) is 0 Å². The molecule has 6 N–H and O–H groups in total. The smallest absolute Gasteiger partial charge is 0.352 e. The number of carboxylic acid groups (broad SMARTS) is 1. The highest BCUT2D eigenvalue weighted by Gasteiger charge is 2.54. The topological polar surface area (TPSA) is 239 Å². The molecule has 3 aromatic rings. The van der Waals surface area contributed by atoms with Gasteiger partial charge in [-0.3, -0.25) is 25.0 Å². The lowest BCUT2D eigenvalue weighted by atomic mass is 10.0. The third-order valence-electron chi connectivity index (χ3n) is 9.54. The van der Waals surface area contributed by atoms with Gasteiger partial charge < -0.3 is 40.4 Å². The summed E-state index contributed by atoms with van der Waals surface area (Å²) < 4.78 is 38.7. The number of hydrogen-bond donors (Lipinski definition) is 4. The quantitative estimate of drug-likeness (QED) is 0.0523. The van der Waals surface area contributed by atoms with Gasteiger partial charge in [0.05, 0.1) is 10.9 Å². The number of rotatable bonds is 11. The van der Waals surface area contributed by atoms with E-state index in [2.05, 4.69) is 10.5 Å². The predicted octanol–water partition coefficient (Wildman–Crippen LogP) is 0.623. The fraction of sp³-hybridized carbons (Fsp3) is 0.406. The van der Waals surface area contributed by atoms with Crippen LogP contribution in [0.5, 0.6) is 0 Å². The number of amides is 2. The molecule has 0 radical (unpaired) electrons. The second-order valence-electron chi connectivity index (χ2n) is 12.8. The van der Waals surface area contributed by atoms with Crippen molar-refractivity contribution in [2.75, 3.05) is 49.7 Å². The average Bonchev–Trinajstić information content (AvgIpc) is 3.79. The Bertz CT molecular complexity index is 2200. The Morgan fingerprint density at radius 2 is 1.98 bits per heavy atom. The molecule has 2 saturated heterocycles. The number of nitrogens with one attached hydrogen (secondary N) is 1. The molecule has 7 rings (SSSR count). The zero-order chi connectivity index (χ0) is 37.9. The molecule has 3 fully saturated rings. The number of hydrogen-bond acceptors (Lipinski definition) is 14. The molecule has 0 bridgehead atoms. The first kappa shape index (κ1) is 36.1. The Balaban J connectivity index is 1.11. The van der Waals surface area contributed by atoms with Gasteiger partial charge in [0.2, 0.25) is 11.1 Å². The van der Waals surface area contributed by atoms with Gasteiger partial charge in [0.25, 0.3) is 11.8 Å². The summed E-state index contributed by atoms with van der Waals surface area (Å²) in [4.78, 5) is 72.9. The summed E-state index contributed by atoms with van der Waals surface area (Å²) in [7, 11) is 1.15. The molecule has 1 saturated carbocycles. The molecule has 1 aromatic carbocycles. The van der Waals surface area contributed by atoms with Gasteiger partial charge in [-0.2, -0.15) is 0 Å². The third-order valence-corrected chi connectivity index (χ3v) is 11.6. The number of thioether (sulfide) groups is 1. The van der Waals surface area contributed by atoms with Crippen molar-refractivity contribution in [2.45, 2.75) is 36.7 Å². The van der Waals surface area contributed by atoms with E-state index >= 15 is 8.78 Å². The van der Waals surface area contributed by atoms with Crippen molar-refractivity contribution in [3.05, 3.63) is 67.2 Å². The molecule has 17 nitrogen and oxygen atoms in total. The van der Waals surface area contributed by atoms with Crippen LogP contribution in [0.3, 0.4) is 0 Å². The molecule has 3 aliphatic heterocycles. The van der Waals surface area contributed by atoms with E-state index in [9.17, 15) is 34.3 Å². The molecule has 53 heavy (non-hydrogen) atoms. The number of carbonyl (C=O) groups excluding carboxylic acids is 3. The predicted molar refractivity (Wildman–Crippen MR) is 187 cm³/mol. The first-order valence-electron chi connectivity index (χ1n) is 16.3. The number of pyridine rings is 1. The van der Waals surface area contributed by atoms with Crippen molar-refractivity contribution in [3.63, 3.8) is 0 Å². The van der Waals surface area contributed by atoms with Crippen molar-refractivity contribution in [1.29, 1.82) is 0 Å². The van der Waals surface area contributed by atoms with Crippen molar-refractivity contribution >= 4 is 74.3 Å². The van der Waals surface area contributed by atoms with Gasteiger partial charge in [-0.25, -0.2) is 23.1 Å². The molecular formula is C32H32F2N8O9S2. The Kier molecular flexibility index (Phi) is 9.49. The number of esters is 1. The van der Waals surface area contributed by atoms with Crippen LogP contribution in [-0.4, -0.2) is 94.6 Å². The first-order chi connectivity index (χ1) is 25.4. The number of anilines is 2. The number of oxime groups is 1. The molecule has 2 aromatic heterocycles. The number of carbonyl (C=O) groups is 4. The van der Waals surface area contributed by atoms with Gasteiger partial charge in [-0.05, 0) is 37.8 Å². The number of aromatic nitrogens is 2. The standard InChI is InChI=1S/C32H32F2N8O9S2/c1-50-38-21(19-12-53-32(36)42(19)49)27(44)37-22-28(45)41-23(30(46)47)14(11-52-29(22)41)10-51-31(48)17-9-40(15-2-3-15)24-16(26(17)43)6-18(33)25(20(24)34)39-5-4-13(7-35)8-39/h6,9,12-13,15,22,29H,2-5,7-8,10-11,35-36H2,1H3,(H,37,44)(H,46,47)/t13?,22-,29-/m1/s1. The largest absolute Gasteiger partial charge is 0.709 e. The van der Waals surface area contributed by atoms with Crippen LogP contribution < -0.4 is 31.8 Å². The minimum Gasteiger partial charge on any atom is -0.709 e. The van der Waals surface area contributed by atoms with Gasteiger partial charge in [-0.1, -0.05) is 16.5 Å². The van der Waals surface area contributed by atoms with Crippen LogP contribution in [0.4, 0.5) is 19.6 Å². The van der Waals surface area contributed by atoms with Gasteiger partial charge in [0.15, 0.2) is 11.5 Å². The van der Waals surface area contributed by atoms with E-state index in [1.165, 1.54) is 16.1 Å².